The molecule has 0 atom stereocenters. The van der Waals surface area contributed by atoms with Crippen LogP contribution in [0.3, 0.4) is 0 Å². The Morgan fingerprint density at radius 2 is 2.15 bits per heavy atom. The van der Waals surface area contributed by atoms with E-state index in [4.69, 9.17) is 17.3 Å². The molecule has 0 spiro atoms. The Labute approximate surface area is 127 Å². The first-order chi connectivity index (χ1) is 9.60. The molecule has 3 rings (SSSR count). The lowest BCUT2D eigenvalue weighted by Gasteiger charge is -2.08. The highest BCUT2D eigenvalue weighted by atomic mass is 79.9. The molecular formula is C13H7BrClN5. The largest absolute Gasteiger partial charge is 0.369 e. The molecule has 0 saturated carbocycles. The van der Waals surface area contributed by atoms with Crippen LogP contribution in [0.15, 0.2) is 34.9 Å². The highest BCUT2D eigenvalue weighted by molar-refractivity contribution is 9.10. The number of nitriles is 1. The number of fused-ring (bicyclic) bond motifs is 1. The van der Waals surface area contributed by atoms with Crippen molar-refractivity contribution in [2.75, 3.05) is 5.73 Å². The number of halogens is 2. The van der Waals surface area contributed by atoms with Gasteiger partial charge in [-0.15, -0.1) is 0 Å². The minimum Gasteiger partial charge on any atom is -0.369 e. The molecule has 2 N–H and O–H groups in total. The molecule has 0 unspecified atom stereocenters. The van der Waals surface area contributed by atoms with Crippen molar-refractivity contribution in [3.05, 3.63) is 45.5 Å². The van der Waals surface area contributed by atoms with Gasteiger partial charge in [-0.2, -0.15) is 5.26 Å². The first-order valence-corrected chi connectivity index (χ1v) is 6.77. The molecule has 0 aliphatic carbocycles. The molecule has 3 aromatic rings. The van der Waals surface area contributed by atoms with Crippen molar-refractivity contribution in [3.63, 3.8) is 0 Å². The van der Waals surface area contributed by atoms with Crippen LogP contribution >= 0.6 is 27.5 Å². The number of nitrogens with two attached hydrogens (primary N) is 1. The van der Waals surface area contributed by atoms with Crippen LogP contribution in [0.4, 0.5) is 5.95 Å². The molecule has 0 saturated heterocycles. The van der Waals surface area contributed by atoms with Crippen molar-refractivity contribution >= 4 is 44.6 Å². The monoisotopic (exact) mass is 347 g/mol. The van der Waals surface area contributed by atoms with Crippen LogP contribution in [0.5, 0.6) is 0 Å². The summed E-state index contributed by atoms with van der Waals surface area (Å²) >= 11 is 9.28. The van der Waals surface area contributed by atoms with E-state index >= 15 is 0 Å². The lowest BCUT2D eigenvalue weighted by Crippen LogP contribution is -2.03. The predicted octanol–water partition coefficient (Wildman–Crippen LogP) is 3.29. The number of pyridine rings is 1. The molecule has 5 nitrogen and oxygen atoms in total. The standard InChI is InChI=1S/C13H7BrClN5/c14-8-2-1-7(5-16)11(3-8)20-12-10(19-13(20)17)4-9(15)6-18-12/h1-4,6H,(H2,17,19). The fraction of sp³-hybridized carbons (Fsp3) is 0. The van der Waals surface area contributed by atoms with Gasteiger partial charge in [0, 0.05) is 10.7 Å². The Hall–Kier alpha value is -2.10. The quantitative estimate of drug-likeness (QED) is 0.731. The molecule has 0 fully saturated rings. The zero-order chi connectivity index (χ0) is 14.3. The summed E-state index contributed by atoms with van der Waals surface area (Å²) in [5, 5.41) is 9.72. The second-order valence-electron chi connectivity index (χ2n) is 4.07. The van der Waals surface area contributed by atoms with Gasteiger partial charge in [0.05, 0.1) is 16.3 Å². The van der Waals surface area contributed by atoms with Crippen molar-refractivity contribution in [2.24, 2.45) is 0 Å². The molecule has 2 heterocycles. The molecule has 20 heavy (non-hydrogen) atoms. The minimum absolute atomic E-state index is 0.254. The van der Waals surface area contributed by atoms with Crippen LogP contribution in [0.25, 0.3) is 16.9 Å². The second kappa shape index (κ2) is 4.78. The summed E-state index contributed by atoms with van der Waals surface area (Å²) in [5.41, 5.74) is 8.20. The third-order valence-electron chi connectivity index (χ3n) is 2.81. The van der Waals surface area contributed by atoms with Crippen LogP contribution in [0.2, 0.25) is 5.02 Å². The van der Waals surface area contributed by atoms with Crippen LogP contribution in [-0.2, 0) is 0 Å². The van der Waals surface area contributed by atoms with E-state index in [2.05, 4.69) is 32.0 Å². The minimum atomic E-state index is 0.254. The lowest BCUT2D eigenvalue weighted by atomic mass is 10.2. The zero-order valence-electron chi connectivity index (χ0n) is 10.0. The van der Waals surface area contributed by atoms with Gasteiger partial charge in [0.1, 0.15) is 11.6 Å². The van der Waals surface area contributed by atoms with Crippen molar-refractivity contribution in [1.29, 1.82) is 5.26 Å². The normalized spacial score (nSPS) is 10.7. The second-order valence-corrected chi connectivity index (χ2v) is 5.43. The summed E-state index contributed by atoms with van der Waals surface area (Å²) in [6.07, 6.45) is 1.52. The molecule has 0 amide bonds. The van der Waals surface area contributed by atoms with Crippen LogP contribution < -0.4 is 5.73 Å². The van der Waals surface area contributed by atoms with E-state index in [0.717, 1.165) is 4.47 Å². The van der Waals surface area contributed by atoms with E-state index in [9.17, 15) is 5.26 Å². The van der Waals surface area contributed by atoms with Gasteiger partial charge < -0.3 is 5.73 Å². The SMILES string of the molecule is N#Cc1ccc(Br)cc1-n1c(N)nc2cc(Cl)cnc21. The molecular weight excluding hydrogens is 342 g/mol. The van der Waals surface area contributed by atoms with E-state index in [-0.39, 0.29) is 5.95 Å². The summed E-state index contributed by atoms with van der Waals surface area (Å²) in [5.74, 6) is 0.254. The number of anilines is 1. The fourth-order valence-electron chi connectivity index (χ4n) is 1.98. The van der Waals surface area contributed by atoms with E-state index in [0.29, 0.717) is 27.4 Å². The molecule has 2 aromatic heterocycles. The number of aromatic nitrogens is 3. The fourth-order valence-corrected chi connectivity index (χ4v) is 2.48. The molecule has 0 aliphatic heterocycles. The molecule has 7 heteroatoms. The molecule has 0 radical (unpaired) electrons. The summed E-state index contributed by atoms with van der Waals surface area (Å²) in [6, 6.07) is 9.12. The van der Waals surface area contributed by atoms with E-state index < -0.39 is 0 Å². The van der Waals surface area contributed by atoms with Crippen LogP contribution in [-0.4, -0.2) is 14.5 Å². The van der Waals surface area contributed by atoms with E-state index in [1.807, 2.05) is 0 Å². The highest BCUT2D eigenvalue weighted by Crippen LogP contribution is 2.27. The van der Waals surface area contributed by atoms with Crippen molar-refractivity contribution in [2.45, 2.75) is 0 Å². The Kier molecular flexibility index (Phi) is 3.08. The summed E-state index contributed by atoms with van der Waals surface area (Å²) < 4.78 is 2.47. The zero-order valence-corrected chi connectivity index (χ0v) is 12.4. The Morgan fingerprint density at radius 1 is 1.35 bits per heavy atom. The van der Waals surface area contributed by atoms with Crippen molar-refractivity contribution in [3.8, 4) is 11.8 Å². The lowest BCUT2D eigenvalue weighted by molar-refractivity contribution is 1.07. The topological polar surface area (TPSA) is 80.5 Å². The summed E-state index contributed by atoms with van der Waals surface area (Å²) in [7, 11) is 0. The Bertz CT molecular complexity index is 865. The summed E-state index contributed by atoms with van der Waals surface area (Å²) in [4.78, 5) is 8.47. The van der Waals surface area contributed by atoms with Gasteiger partial charge in [-0.25, -0.2) is 9.97 Å². The number of nitrogens with zero attached hydrogens (tertiary/aromatic N) is 4. The Morgan fingerprint density at radius 3 is 2.90 bits per heavy atom. The van der Waals surface area contributed by atoms with Gasteiger partial charge in [0.25, 0.3) is 0 Å². The van der Waals surface area contributed by atoms with Gasteiger partial charge in [0.2, 0.25) is 5.95 Å². The number of hydrogen-bond acceptors (Lipinski definition) is 4. The van der Waals surface area contributed by atoms with Gasteiger partial charge in [-0.1, -0.05) is 27.5 Å². The first kappa shape index (κ1) is 12.9. The Balaban J connectivity index is 2.38. The maximum absolute atomic E-state index is 9.23. The predicted molar refractivity (Wildman–Crippen MR) is 80.7 cm³/mol. The van der Waals surface area contributed by atoms with Crippen LogP contribution in [0, 0.1) is 11.3 Å². The number of hydrogen-bond donors (Lipinski definition) is 1. The van der Waals surface area contributed by atoms with E-state index in [1.54, 1.807) is 28.8 Å². The number of benzene rings is 1. The number of imidazole rings is 1. The maximum atomic E-state index is 9.23. The number of rotatable bonds is 1. The van der Waals surface area contributed by atoms with Gasteiger partial charge >= 0.3 is 0 Å². The first-order valence-electron chi connectivity index (χ1n) is 5.59. The van der Waals surface area contributed by atoms with Crippen molar-refractivity contribution in [1.82, 2.24) is 14.5 Å². The molecule has 0 aliphatic rings. The van der Waals surface area contributed by atoms with Crippen LogP contribution in [0.1, 0.15) is 5.56 Å². The summed E-state index contributed by atoms with van der Waals surface area (Å²) in [6.45, 7) is 0. The van der Waals surface area contributed by atoms with E-state index in [1.165, 1.54) is 6.20 Å². The van der Waals surface area contributed by atoms with Crippen molar-refractivity contribution < 1.29 is 0 Å². The van der Waals surface area contributed by atoms with Gasteiger partial charge in [-0.05, 0) is 24.3 Å². The van der Waals surface area contributed by atoms with Gasteiger partial charge in [0.15, 0.2) is 5.65 Å². The average Bonchev–Trinajstić information content (AvgIpc) is 2.73. The molecule has 0 bridgehead atoms. The highest BCUT2D eigenvalue weighted by Gasteiger charge is 2.15. The molecule has 98 valence electrons. The average molecular weight is 349 g/mol. The molecule has 1 aromatic carbocycles. The number of nitrogen functional groups attached to an aromatic ring is 1. The van der Waals surface area contributed by atoms with Gasteiger partial charge in [-0.3, -0.25) is 4.57 Å². The maximum Gasteiger partial charge on any atom is 0.207 e. The third kappa shape index (κ3) is 2.01. The smallest absolute Gasteiger partial charge is 0.207 e. The third-order valence-corrected chi connectivity index (χ3v) is 3.51.